The molecule has 3 rings (SSSR count). The Morgan fingerprint density at radius 2 is 1.88 bits per heavy atom. The van der Waals surface area contributed by atoms with Crippen molar-refractivity contribution in [3.8, 4) is 0 Å². The van der Waals surface area contributed by atoms with Crippen molar-refractivity contribution < 1.29 is 14.7 Å². The van der Waals surface area contributed by atoms with E-state index in [4.69, 9.17) is 0 Å². The van der Waals surface area contributed by atoms with Gasteiger partial charge in [-0.25, -0.2) is 0 Å². The standard InChI is InChI=1S/C20H31N3O3/c1-14(2)19(25)22-9-6-15(7-10-22)17-12-23(11-16(17)13-24)20(26)18-5-4-8-21(18)3/h4-5,8,14-17,24H,6-7,9-13H2,1-3H3/t16-,17-/m0/s1. The maximum atomic E-state index is 12.8. The van der Waals surface area contributed by atoms with Gasteiger partial charge in [0.25, 0.3) is 5.91 Å². The number of piperidine rings is 1. The summed E-state index contributed by atoms with van der Waals surface area (Å²) in [6.07, 6.45) is 3.81. The highest BCUT2D eigenvalue weighted by Gasteiger charge is 2.41. The Bertz CT molecular complexity index is 646. The number of aliphatic hydroxyl groups is 1. The van der Waals surface area contributed by atoms with Gasteiger partial charge in [0, 0.05) is 57.9 Å². The van der Waals surface area contributed by atoms with Gasteiger partial charge in [-0.1, -0.05) is 13.8 Å². The van der Waals surface area contributed by atoms with Crippen LogP contribution in [-0.4, -0.2) is 64.1 Å². The molecular formula is C20H31N3O3. The van der Waals surface area contributed by atoms with Gasteiger partial charge in [0.2, 0.25) is 5.91 Å². The monoisotopic (exact) mass is 361 g/mol. The Morgan fingerprint density at radius 3 is 2.42 bits per heavy atom. The van der Waals surface area contributed by atoms with E-state index in [-0.39, 0.29) is 30.3 Å². The molecule has 2 aliphatic rings. The molecule has 6 nitrogen and oxygen atoms in total. The average molecular weight is 361 g/mol. The fraction of sp³-hybridized carbons (Fsp3) is 0.700. The van der Waals surface area contributed by atoms with Crippen molar-refractivity contribution in [2.45, 2.75) is 26.7 Å². The fourth-order valence-electron chi connectivity index (χ4n) is 4.55. The minimum atomic E-state index is 0.0432. The van der Waals surface area contributed by atoms with Crippen molar-refractivity contribution in [3.05, 3.63) is 24.0 Å². The summed E-state index contributed by atoms with van der Waals surface area (Å²) < 4.78 is 1.85. The summed E-state index contributed by atoms with van der Waals surface area (Å²) in [4.78, 5) is 28.9. The van der Waals surface area contributed by atoms with Gasteiger partial charge < -0.3 is 19.5 Å². The molecule has 0 unspecified atom stereocenters. The van der Waals surface area contributed by atoms with Crippen molar-refractivity contribution in [1.82, 2.24) is 14.4 Å². The summed E-state index contributed by atoms with van der Waals surface area (Å²) in [7, 11) is 1.88. The number of carbonyl (C=O) groups is 2. The molecule has 1 aromatic heterocycles. The number of nitrogens with zero attached hydrogens (tertiary/aromatic N) is 3. The maximum Gasteiger partial charge on any atom is 0.270 e. The molecule has 0 saturated carbocycles. The van der Waals surface area contributed by atoms with Crippen LogP contribution in [0.1, 0.15) is 37.2 Å². The molecule has 1 N–H and O–H groups in total. The van der Waals surface area contributed by atoms with Crippen molar-refractivity contribution in [3.63, 3.8) is 0 Å². The number of hydrogen-bond donors (Lipinski definition) is 1. The summed E-state index contributed by atoms with van der Waals surface area (Å²) in [6, 6.07) is 3.73. The van der Waals surface area contributed by atoms with Crippen LogP contribution in [0.15, 0.2) is 18.3 Å². The Kier molecular flexibility index (Phi) is 5.70. The highest BCUT2D eigenvalue weighted by atomic mass is 16.3. The van der Waals surface area contributed by atoms with Gasteiger partial charge in [-0.3, -0.25) is 9.59 Å². The first-order chi connectivity index (χ1) is 12.4. The molecule has 0 spiro atoms. The second kappa shape index (κ2) is 7.82. The van der Waals surface area contributed by atoms with Crippen LogP contribution in [-0.2, 0) is 11.8 Å². The zero-order chi connectivity index (χ0) is 18.8. The topological polar surface area (TPSA) is 65.8 Å². The van der Waals surface area contributed by atoms with Crippen molar-refractivity contribution >= 4 is 11.8 Å². The Balaban J connectivity index is 1.63. The normalized spacial score (nSPS) is 24.5. The number of aromatic nitrogens is 1. The van der Waals surface area contributed by atoms with E-state index in [0.717, 1.165) is 25.9 Å². The summed E-state index contributed by atoms with van der Waals surface area (Å²) in [5.74, 6) is 1.24. The van der Waals surface area contributed by atoms with E-state index in [0.29, 0.717) is 30.6 Å². The second-order valence-corrected chi connectivity index (χ2v) is 8.14. The first-order valence-corrected chi connectivity index (χ1v) is 9.72. The van der Waals surface area contributed by atoms with E-state index in [1.165, 1.54) is 0 Å². The lowest BCUT2D eigenvalue weighted by Gasteiger charge is -2.37. The van der Waals surface area contributed by atoms with Crippen molar-refractivity contribution in [2.75, 3.05) is 32.8 Å². The third-order valence-corrected chi connectivity index (χ3v) is 6.13. The molecule has 0 bridgehead atoms. The lowest BCUT2D eigenvalue weighted by molar-refractivity contribution is -0.136. The van der Waals surface area contributed by atoms with E-state index in [1.807, 2.05) is 53.6 Å². The molecule has 1 aromatic rings. The van der Waals surface area contributed by atoms with E-state index >= 15 is 0 Å². The minimum Gasteiger partial charge on any atom is -0.396 e. The average Bonchev–Trinajstić information content (AvgIpc) is 3.26. The maximum absolute atomic E-state index is 12.8. The summed E-state index contributed by atoms with van der Waals surface area (Å²) in [6.45, 7) is 6.92. The van der Waals surface area contributed by atoms with Gasteiger partial charge in [0.05, 0.1) is 0 Å². The molecule has 2 amide bonds. The zero-order valence-corrected chi connectivity index (χ0v) is 16.1. The summed E-state index contributed by atoms with van der Waals surface area (Å²) in [5, 5.41) is 9.86. The number of aryl methyl sites for hydroxylation is 1. The largest absolute Gasteiger partial charge is 0.396 e. The van der Waals surface area contributed by atoms with Gasteiger partial charge in [-0.2, -0.15) is 0 Å². The predicted molar refractivity (Wildman–Crippen MR) is 99.5 cm³/mol. The van der Waals surface area contributed by atoms with E-state index in [1.54, 1.807) is 0 Å². The number of aliphatic hydroxyl groups excluding tert-OH is 1. The molecule has 2 fully saturated rings. The van der Waals surface area contributed by atoms with Crippen LogP contribution in [0.5, 0.6) is 0 Å². The van der Waals surface area contributed by atoms with Crippen molar-refractivity contribution in [2.24, 2.45) is 30.7 Å². The molecule has 3 heterocycles. The third-order valence-electron chi connectivity index (χ3n) is 6.13. The van der Waals surface area contributed by atoms with Crippen LogP contribution in [0.2, 0.25) is 0 Å². The minimum absolute atomic E-state index is 0.0432. The predicted octanol–water partition coefficient (Wildman–Crippen LogP) is 1.60. The van der Waals surface area contributed by atoms with E-state index < -0.39 is 0 Å². The van der Waals surface area contributed by atoms with Gasteiger partial charge in [-0.05, 0) is 36.8 Å². The van der Waals surface area contributed by atoms with Crippen LogP contribution in [0.25, 0.3) is 0 Å². The summed E-state index contributed by atoms with van der Waals surface area (Å²) >= 11 is 0. The number of amides is 2. The number of likely N-dealkylation sites (tertiary alicyclic amines) is 2. The molecule has 2 aliphatic heterocycles. The molecule has 0 aromatic carbocycles. The van der Waals surface area contributed by atoms with Crippen LogP contribution >= 0.6 is 0 Å². The van der Waals surface area contributed by atoms with Gasteiger partial charge >= 0.3 is 0 Å². The molecule has 2 saturated heterocycles. The highest BCUT2D eigenvalue weighted by molar-refractivity contribution is 5.93. The first-order valence-electron chi connectivity index (χ1n) is 9.72. The van der Waals surface area contributed by atoms with Gasteiger partial charge in [0.15, 0.2) is 0 Å². The fourth-order valence-corrected chi connectivity index (χ4v) is 4.55. The number of carbonyl (C=O) groups excluding carboxylic acids is 2. The highest BCUT2D eigenvalue weighted by Crippen LogP contribution is 2.36. The third kappa shape index (κ3) is 3.65. The number of rotatable bonds is 4. The second-order valence-electron chi connectivity index (χ2n) is 8.14. The Hall–Kier alpha value is -1.82. The van der Waals surface area contributed by atoms with Crippen LogP contribution in [0.3, 0.4) is 0 Å². The molecule has 0 aliphatic carbocycles. The molecule has 2 atom stereocenters. The molecule has 0 radical (unpaired) electrons. The van der Waals surface area contributed by atoms with Crippen LogP contribution in [0, 0.1) is 23.7 Å². The number of hydrogen-bond acceptors (Lipinski definition) is 3. The van der Waals surface area contributed by atoms with Crippen molar-refractivity contribution in [1.29, 1.82) is 0 Å². The molecule has 144 valence electrons. The quantitative estimate of drug-likeness (QED) is 0.886. The smallest absolute Gasteiger partial charge is 0.270 e. The van der Waals surface area contributed by atoms with Gasteiger partial charge in [-0.15, -0.1) is 0 Å². The molecule has 6 heteroatoms. The Morgan fingerprint density at radius 1 is 1.19 bits per heavy atom. The van der Waals surface area contributed by atoms with Gasteiger partial charge in [0.1, 0.15) is 5.69 Å². The Labute approximate surface area is 155 Å². The van der Waals surface area contributed by atoms with Crippen LogP contribution in [0.4, 0.5) is 0 Å². The lowest BCUT2D eigenvalue weighted by atomic mass is 9.78. The summed E-state index contributed by atoms with van der Waals surface area (Å²) in [5.41, 5.74) is 0.694. The van der Waals surface area contributed by atoms with E-state index in [9.17, 15) is 14.7 Å². The van der Waals surface area contributed by atoms with E-state index in [2.05, 4.69) is 0 Å². The molecule has 26 heavy (non-hydrogen) atoms. The van der Waals surface area contributed by atoms with Crippen LogP contribution < -0.4 is 0 Å². The first kappa shape index (κ1) is 19.0. The molecular weight excluding hydrogens is 330 g/mol. The zero-order valence-electron chi connectivity index (χ0n) is 16.1. The SMILES string of the molecule is CC(C)C(=O)N1CCC([C@@H]2CN(C(=O)c3cccn3C)C[C@H]2CO)CC1. The lowest BCUT2D eigenvalue weighted by Crippen LogP contribution is -2.43.